The van der Waals surface area contributed by atoms with Crippen molar-refractivity contribution < 1.29 is 27.2 Å². The maximum atomic E-state index is 13.1. The van der Waals surface area contributed by atoms with Crippen LogP contribution in [0.25, 0.3) is 11.1 Å². The van der Waals surface area contributed by atoms with Crippen LogP contribution in [0.1, 0.15) is 19.5 Å². The minimum atomic E-state index is -4.00. The Morgan fingerprint density at radius 3 is 2.48 bits per heavy atom. The number of aryl methyl sites for hydroxylation is 1. The van der Waals surface area contributed by atoms with Gasteiger partial charge in [0.2, 0.25) is 11.8 Å². The highest BCUT2D eigenvalue weighted by molar-refractivity contribution is 7.92. The molecular weight excluding hydrogens is 422 g/mol. The van der Waals surface area contributed by atoms with E-state index in [0.29, 0.717) is 34.9 Å². The van der Waals surface area contributed by atoms with Gasteiger partial charge in [-0.05, 0) is 55.8 Å². The fourth-order valence-electron chi connectivity index (χ4n) is 2.99. The number of anilines is 2. The van der Waals surface area contributed by atoms with Crippen LogP contribution in [0.15, 0.2) is 51.9 Å². The highest BCUT2D eigenvalue weighted by Crippen LogP contribution is 2.36. The van der Waals surface area contributed by atoms with E-state index in [1.165, 1.54) is 26.2 Å². The average Bonchev–Trinajstić information content (AvgIpc) is 3.08. The zero-order valence-electron chi connectivity index (χ0n) is 17.6. The number of nitrogens with zero attached hydrogens (tertiary/aromatic N) is 1. The molecule has 0 atom stereocenters. The van der Waals surface area contributed by atoms with Gasteiger partial charge in [0.25, 0.3) is 10.0 Å². The van der Waals surface area contributed by atoms with Crippen LogP contribution in [0.2, 0.25) is 0 Å². The van der Waals surface area contributed by atoms with Crippen molar-refractivity contribution in [1.29, 1.82) is 0 Å². The van der Waals surface area contributed by atoms with E-state index in [4.69, 9.17) is 14.0 Å². The van der Waals surface area contributed by atoms with E-state index in [2.05, 4.69) is 15.2 Å². The van der Waals surface area contributed by atoms with Gasteiger partial charge in [0.05, 0.1) is 25.0 Å². The van der Waals surface area contributed by atoms with E-state index in [1.807, 2.05) is 6.92 Å². The molecule has 1 aromatic heterocycles. The number of aromatic nitrogens is 1. The summed E-state index contributed by atoms with van der Waals surface area (Å²) >= 11 is 0. The number of rotatable bonds is 8. The van der Waals surface area contributed by atoms with Crippen molar-refractivity contribution in [3.05, 3.63) is 48.2 Å². The number of amides is 1. The number of methoxy groups -OCH3 is 1. The molecule has 0 aliphatic heterocycles. The molecule has 0 bridgehead atoms. The summed E-state index contributed by atoms with van der Waals surface area (Å²) in [4.78, 5) is 11.4. The predicted octanol–water partition coefficient (Wildman–Crippen LogP) is 3.82. The van der Waals surface area contributed by atoms with Gasteiger partial charge >= 0.3 is 0 Å². The number of hydrogen-bond donors (Lipinski definition) is 2. The van der Waals surface area contributed by atoms with Crippen molar-refractivity contribution >= 4 is 27.5 Å². The van der Waals surface area contributed by atoms with E-state index in [1.54, 1.807) is 37.3 Å². The van der Waals surface area contributed by atoms with Crippen LogP contribution in [0.4, 0.5) is 11.6 Å². The molecule has 3 aromatic rings. The van der Waals surface area contributed by atoms with Crippen molar-refractivity contribution in [3.63, 3.8) is 0 Å². The van der Waals surface area contributed by atoms with Crippen LogP contribution in [0.3, 0.4) is 0 Å². The second kappa shape index (κ2) is 9.09. The van der Waals surface area contributed by atoms with Crippen LogP contribution in [-0.2, 0) is 14.8 Å². The molecule has 2 N–H and O–H groups in total. The minimum absolute atomic E-state index is 0.0734. The molecule has 0 aliphatic carbocycles. The van der Waals surface area contributed by atoms with E-state index in [9.17, 15) is 13.2 Å². The first-order valence-electron chi connectivity index (χ1n) is 9.43. The van der Waals surface area contributed by atoms with Crippen LogP contribution in [0, 0.1) is 6.92 Å². The molecule has 0 radical (unpaired) electrons. The first-order chi connectivity index (χ1) is 14.7. The fraction of sp³-hybridized carbons (Fsp3) is 0.238. The topological polar surface area (TPSA) is 120 Å². The van der Waals surface area contributed by atoms with E-state index >= 15 is 0 Å². The summed E-state index contributed by atoms with van der Waals surface area (Å²) in [5.74, 6) is 0.602. The quantitative estimate of drug-likeness (QED) is 0.541. The zero-order chi connectivity index (χ0) is 22.6. The van der Waals surface area contributed by atoms with Crippen molar-refractivity contribution in [2.24, 2.45) is 0 Å². The summed E-state index contributed by atoms with van der Waals surface area (Å²) < 4.78 is 44.6. The molecule has 0 fully saturated rings. The third kappa shape index (κ3) is 4.97. The Balaban J connectivity index is 2.01. The second-order valence-corrected chi connectivity index (χ2v) is 8.23. The largest absolute Gasteiger partial charge is 0.495 e. The van der Waals surface area contributed by atoms with Crippen molar-refractivity contribution in [1.82, 2.24) is 5.16 Å². The van der Waals surface area contributed by atoms with Gasteiger partial charge in [-0.15, -0.1) is 0 Å². The van der Waals surface area contributed by atoms with Gasteiger partial charge in [-0.3, -0.25) is 14.8 Å². The summed E-state index contributed by atoms with van der Waals surface area (Å²) in [6.07, 6.45) is 0. The number of carbonyl (C=O) groups is 1. The smallest absolute Gasteiger partial charge is 0.265 e. The number of benzene rings is 2. The molecule has 0 aliphatic rings. The average molecular weight is 445 g/mol. The van der Waals surface area contributed by atoms with Crippen molar-refractivity contribution in [3.8, 4) is 22.6 Å². The molecule has 1 heterocycles. The molecule has 0 saturated carbocycles. The summed E-state index contributed by atoms with van der Waals surface area (Å²) in [6.45, 7) is 5.41. The van der Waals surface area contributed by atoms with E-state index < -0.39 is 10.0 Å². The summed E-state index contributed by atoms with van der Waals surface area (Å²) in [7, 11) is -2.61. The highest BCUT2D eigenvalue weighted by atomic mass is 32.2. The summed E-state index contributed by atoms with van der Waals surface area (Å²) in [5.41, 5.74) is 1.85. The number of sulfonamides is 1. The molecule has 0 unspecified atom stereocenters. The molecule has 164 valence electrons. The molecule has 2 aromatic carbocycles. The molecular formula is C21H23N3O6S. The van der Waals surface area contributed by atoms with Crippen LogP contribution in [-0.4, -0.2) is 33.2 Å². The maximum absolute atomic E-state index is 13.1. The zero-order valence-corrected chi connectivity index (χ0v) is 18.4. The Morgan fingerprint density at radius 1 is 1.16 bits per heavy atom. The number of nitrogens with one attached hydrogen (secondary N) is 2. The van der Waals surface area contributed by atoms with Crippen molar-refractivity contribution in [2.75, 3.05) is 23.8 Å². The SMILES string of the molecule is CCOc1ccc(NS(=O)(=O)c2cc(-c3c(C)noc3NC(C)=O)ccc2OC)cc1. The van der Waals surface area contributed by atoms with Crippen LogP contribution in [0.5, 0.6) is 11.5 Å². The molecule has 10 heteroatoms. The number of carbonyl (C=O) groups excluding carboxylic acids is 1. The molecule has 9 nitrogen and oxygen atoms in total. The van der Waals surface area contributed by atoms with E-state index in [0.717, 1.165) is 0 Å². The lowest BCUT2D eigenvalue weighted by molar-refractivity contribution is -0.114. The maximum Gasteiger partial charge on any atom is 0.265 e. The van der Waals surface area contributed by atoms with Gasteiger partial charge < -0.3 is 14.0 Å². The Morgan fingerprint density at radius 2 is 1.87 bits per heavy atom. The molecule has 0 spiro atoms. The van der Waals surface area contributed by atoms with Gasteiger partial charge in [-0.1, -0.05) is 11.2 Å². The standard InChI is InChI=1S/C21H23N3O6S/c1-5-29-17-9-7-16(8-10-17)24-31(26,27)19-12-15(6-11-18(19)28-4)20-13(2)23-30-21(20)22-14(3)25/h6-12,24H,5H2,1-4H3,(H,22,25). The van der Waals surface area contributed by atoms with Gasteiger partial charge in [-0.25, -0.2) is 8.42 Å². The number of ether oxygens (including phenoxy) is 2. The molecule has 1 amide bonds. The van der Waals surface area contributed by atoms with Crippen molar-refractivity contribution in [2.45, 2.75) is 25.7 Å². The third-order valence-corrected chi connectivity index (χ3v) is 5.71. The van der Waals surface area contributed by atoms with Gasteiger partial charge in [-0.2, -0.15) is 0 Å². The van der Waals surface area contributed by atoms with Gasteiger partial charge in [0.1, 0.15) is 16.4 Å². The first kappa shape index (κ1) is 22.2. The van der Waals surface area contributed by atoms with Gasteiger partial charge in [0.15, 0.2) is 0 Å². The fourth-order valence-corrected chi connectivity index (χ4v) is 4.25. The van der Waals surface area contributed by atoms with Crippen LogP contribution < -0.4 is 19.5 Å². The minimum Gasteiger partial charge on any atom is -0.495 e. The lowest BCUT2D eigenvalue weighted by Crippen LogP contribution is -2.14. The Hall–Kier alpha value is -3.53. The summed E-state index contributed by atoms with van der Waals surface area (Å²) in [5, 5.41) is 6.43. The molecule has 3 rings (SSSR count). The number of hydrogen-bond acceptors (Lipinski definition) is 7. The molecule has 0 saturated heterocycles. The van der Waals surface area contributed by atoms with Crippen LogP contribution >= 0.6 is 0 Å². The monoisotopic (exact) mass is 445 g/mol. The van der Waals surface area contributed by atoms with Gasteiger partial charge in [0, 0.05) is 12.6 Å². The lowest BCUT2D eigenvalue weighted by Gasteiger charge is -2.14. The van der Waals surface area contributed by atoms with E-state index in [-0.39, 0.29) is 22.4 Å². The summed E-state index contributed by atoms with van der Waals surface area (Å²) in [6, 6.07) is 11.2. The predicted molar refractivity (Wildman–Crippen MR) is 116 cm³/mol. The normalized spacial score (nSPS) is 11.1. The molecule has 31 heavy (non-hydrogen) atoms. The second-order valence-electron chi connectivity index (χ2n) is 6.58. The Bertz CT molecular complexity index is 1190. The Kier molecular flexibility index (Phi) is 6.50. The third-order valence-electron chi connectivity index (χ3n) is 4.31. The highest BCUT2D eigenvalue weighted by Gasteiger charge is 2.24. The Labute approximate surface area is 180 Å². The lowest BCUT2D eigenvalue weighted by atomic mass is 10.1. The first-order valence-corrected chi connectivity index (χ1v) is 10.9.